The number of aromatic hydroxyl groups is 1. The Labute approximate surface area is 72.2 Å². The van der Waals surface area contributed by atoms with Gasteiger partial charge in [-0.05, 0) is 18.6 Å². The molecule has 1 rings (SSSR count). The van der Waals surface area contributed by atoms with Crippen LogP contribution in [0.3, 0.4) is 0 Å². The number of aromatic nitrogens is 1. The number of hydrogen-bond donors (Lipinski definition) is 2. The maximum absolute atomic E-state index is 9.37. The molecule has 3 nitrogen and oxygen atoms in total. The lowest BCUT2D eigenvalue weighted by molar-refractivity contribution is 0.451. The minimum absolute atomic E-state index is 0.142. The van der Waals surface area contributed by atoms with E-state index in [1.54, 1.807) is 18.3 Å². The summed E-state index contributed by atoms with van der Waals surface area (Å²) >= 11 is 0. The zero-order valence-electron chi connectivity index (χ0n) is 7.20. The zero-order valence-corrected chi connectivity index (χ0v) is 7.20. The zero-order chi connectivity index (χ0) is 8.97. The van der Waals surface area contributed by atoms with E-state index in [0.29, 0.717) is 5.69 Å². The van der Waals surface area contributed by atoms with Crippen LogP contribution in [0.2, 0.25) is 0 Å². The molecule has 0 saturated carbocycles. The van der Waals surface area contributed by atoms with Crippen LogP contribution in [0.15, 0.2) is 18.3 Å². The molecule has 12 heavy (non-hydrogen) atoms. The Morgan fingerprint density at radius 2 is 2.42 bits per heavy atom. The molecule has 0 aliphatic heterocycles. The lowest BCUT2D eigenvalue weighted by Crippen LogP contribution is -2.11. The number of hydrogen-bond acceptors (Lipinski definition) is 3. The highest BCUT2D eigenvalue weighted by Crippen LogP contribution is 2.21. The van der Waals surface area contributed by atoms with Gasteiger partial charge in [0.2, 0.25) is 0 Å². The van der Waals surface area contributed by atoms with Gasteiger partial charge in [-0.25, -0.2) is 0 Å². The monoisotopic (exact) mass is 166 g/mol. The van der Waals surface area contributed by atoms with Crippen molar-refractivity contribution in [3.8, 4) is 5.75 Å². The number of nitrogens with two attached hydrogens (primary N) is 1. The summed E-state index contributed by atoms with van der Waals surface area (Å²) in [7, 11) is 0. The fourth-order valence-corrected chi connectivity index (χ4v) is 1.14. The Hall–Kier alpha value is -1.09. The van der Waals surface area contributed by atoms with Gasteiger partial charge in [-0.15, -0.1) is 0 Å². The second-order valence-electron chi connectivity index (χ2n) is 2.80. The van der Waals surface area contributed by atoms with Crippen LogP contribution in [0, 0.1) is 0 Å². The van der Waals surface area contributed by atoms with E-state index in [2.05, 4.69) is 11.9 Å². The molecule has 0 amide bonds. The van der Waals surface area contributed by atoms with Gasteiger partial charge in [0.1, 0.15) is 5.75 Å². The van der Waals surface area contributed by atoms with Gasteiger partial charge in [0.25, 0.3) is 0 Å². The third kappa shape index (κ3) is 1.95. The molecule has 0 unspecified atom stereocenters. The van der Waals surface area contributed by atoms with Crippen molar-refractivity contribution in [1.29, 1.82) is 0 Å². The third-order valence-electron chi connectivity index (χ3n) is 1.77. The molecule has 0 spiro atoms. The minimum Gasteiger partial charge on any atom is -0.506 e. The summed E-state index contributed by atoms with van der Waals surface area (Å²) in [5.74, 6) is 0.193. The van der Waals surface area contributed by atoms with Crippen LogP contribution in [0.5, 0.6) is 5.75 Å². The summed E-state index contributed by atoms with van der Waals surface area (Å²) in [5.41, 5.74) is 6.38. The van der Waals surface area contributed by atoms with E-state index >= 15 is 0 Å². The molecular weight excluding hydrogens is 152 g/mol. The van der Waals surface area contributed by atoms with E-state index in [-0.39, 0.29) is 11.8 Å². The van der Waals surface area contributed by atoms with Gasteiger partial charge < -0.3 is 10.8 Å². The van der Waals surface area contributed by atoms with Crippen LogP contribution in [0.4, 0.5) is 0 Å². The second kappa shape index (κ2) is 4.07. The van der Waals surface area contributed by atoms with Gasteiger partial charge in [-0.2, -0.15) is 0 Å². The summed E-state index contributed by atoms with van der Waals surface area (Å²) in [5, 5.41) is 9.37. The van der Waals surface area contributed by atoms with Crippen LogP contribution < -0.4 is 5.73 Å². The van der Waals surface area contributed by atoms with Gasteiger partial charge >= 0.3 is 0 Å². The van der Waals surface area contributed by atoms with Crippen molar-refractivity contribution in [3.05, 3.63) is 24.0 Å². The molecule has 0 aromatic carbocycles. The fourth-order valence-electron chi connectivity index (χ4n) is 1.14. The lowest BCUT2D eigenvalue weighted by Gasteiger charge is -2.10. The molecule has 1 aromatic rings. The van der Waals surface area contributed by atoms with E-state index in [4.69, 9.17) is 5.73 Å². The van der Waals surface area contributed by atoms with Crippen molar-refractivity contribution in [1.82, 2.24) is 4.98 Å². The lowest BCUT2D eigenvalue weighted by atomic mass is 10.1. The molecule has 0 radical (unpaired) electrons. The summed E-state index contributed by atoms with van der Waals surface area (Å²) < 4.78 is 0. The molecule has 0 aliphatic rings. The predicted molar refractivity (Wildman–Crippen MR) is 47.7 cm³/mol. The summed E-state index contributed by atoms with van der Waals surface area (Å²) in [4.78, 5) is 4.02. The highest BCUT2D eigenvalue weighted by Gasteiger charge is 2.09. The van der Waals surface area contributed by atoms with Gasteiger partial charge in [-0.1, -0.05) is 13.3 Å². The third-order valence-corrected chi connectivity index (χ3v) is 1.77. The normalized spacial score (nSPS) is 12.8. The first-order valence-corrected chi connectivity index (χ1v) is 4.15. The molecule has 0 bridgehead atoms. The van der Waals surface area contributed by atoms with Gasteiger partial charge in [0, 0.05) is 6.20 Å². The number of nitrogens with zero attached hydrogens (tertiary/aromatic N) is 1. The first-order valence-electron chi connectivity index (χ1n) is 4.15. The predicted octanol–water partition coefficient (Wildman–Crippen LogP) is 1.59. The molecule has 1 heterocycles. The average molecular weight is 166 g/mol. The van der Waals surface area contributed by atoms with Crippen LogP contribution >= 0.6 is 0 Å². The highest BCUT2D eigenvalue weighted by atomic mass is 16.3. The summed E-state index contributed by atoms with van der Waals surface area (Å²) in [6.45, 7) is 2.06. The SMILES string of the molecule is CCC[C@@H](N)c1ncccc1O. The van der Waals surface area contributed by atoms with Crippen molar-refractivity contribution < 1.29 is 5.11 Å². The van der Waals surface area contributed by atoms with E-state index < -0.39 is 0 Å². The van der Waals surface area contributed by atoms with Gasteiger partial charge in [0.05, 0.1) is 11.7 Å². The maximum atomic E-state index is 9.37. The fraction of sp³-hybridized carbons (Fsp3) is 0.444. The van der Waals surface area contributed by atoms with Crippen molar-refractivity contribution in [3.63, 3.8) is 0 Å². The van der Waals surface area contributed by atoms with Gasteiger partial charge in [-0.3, -0.25) is 4.98 Å². The van der Waals surface area contributed by atoms with E-state index in [0.717, 1.165) is 12.8 Å². The van der Waals surface area contributed by atoms with Gasteiger partial charge in [0.15, 0.2) is 0 Å². The van der Waals surface area contributed by atoms with Crippen LogP contribution in [-0.2, 0) is 0 Å². The van der Waals surface area contributed by atoms with Crippen LogP contribution in [0.25, 0.3) is 0 Å². The van der Waals surface area contributed by atoms with Crippen LogP contribution in [-0.4, -0.2) is 10.1 Å². The van der Waals surface area contributed by atoms with E-state index in [1.807, 2.05) is 0 Å². The number of pyridine rings is 1. The molecular formula is C9H14N2O. The molecule has 3 heteroatoms. The maximum Gasteiger partial charge on any atom is 0.138 e. The minimum atomic E-state index is -0.142. The Balaban J connectivity index is 2.79. The Morgan fingerprint density at radius 3 is 3.00 bits per heavy atom. The Morgan fingerprint density at radius 1 is 1.67 bits per heavy atom. The topological polar surface area (TPSA) is 59.1 Å². The molecule has 1 atom stereocenters. The molecule has 0 fully saturated rings. The van der Waals surface area contributed by atoms with Crippen molar-refractivity contribution in [2.24, 2.45) is 5.73 Å². The quantitative estimate of drug-likeness (QED) is 0.716. The molecule has 1 aromatic heterocycles. The molecule has 3 N–H and O–H groups in total. The number of rotatable bonds is 3. The standard InChI is InChI=1S/C9H14N2O/c1-2-4-7(10)9-8(12)5-3-6-11-9/h3,5-7,12H,2,4,10H2,1H3/t7-/m1/s1. The molecule has 0 aliphatic carbocycles. The highest BCUT2D eigenvalue weighted by molar-refractivity contribution is 5.27. The smallest absolute Gasteiger partial charge is 0.138 e. The van der Waals surface area contributed by atoms with E-state index in [9.17, 15) is 5.11 Å². The largest absolute Gasteiger partial charge is 0.506 e. The van der Waals surface area contributed by atoms with Crippen molar-refractivity contribution in [2.45, 2.75) is 25.8 Å². The van der Waals surface area contributed by atoms with E-state index in [1.165, 1.54) is 0 Å². The van der Waals surface area contributed by atoms with Crippen molar-refractivity contribution >= 4 is 0 Å². The molecule has 66 valence electrons. The van der Waals surface area contributed by atoms with Crippen LogP contribution in [0.1, 0.15) is 31.5 Å². The first kappa shape index (κ1) is 9.00. The second-order valence-corrected chi connectivity index (χ2v) is 2.80. The van der Waals surface area contributed by atoms with Crippen molar-refractivity contribution in [2.75, 3.05) is 0 Å². The Kier molecular flexibility index (Phi) is 3.05. The Bertz CT molecular complexity index is 250. The first-order chi connectivity index (χ1) is 5.75. The summed E-state index contributed by atoms with van der Waals surface area (Å²) in [6, 6.07) is 3.16. The summed E-state index contributed by atoms with van der Waals surface area (Å²) in [6.07, 6.45) is 3.49. The average Bonchev–Trinajstić information content (AvgIpc) is 2.05. The molecule has 0 saturated heterocycles.